The molecule has 0 aliphatic heterocycles. The van der Waals surface area contributed by atoms with E-state index >= 15 is 0 Å². The smallest absolute Gasteiger partial charge is 0.221 e. The van der Waals surface area contributed by atoms with Crippen molar-refractivity contribution < 1.29 is 4.79 Å². The normalized spacial score (nSPS) is 12.5. The Morgan fingerprint density at radius 3 is 2.64 bits per heavy atom. The van der Waals surface area contributed by atoms with Crippen LogP contribution in [0.2, 0.25) is 0 Å². The number of unbranched alkanes of at least 4 members (excludes halogenated alkanes) is 1. The zero-order valence-electron chi connectivity index (χ0n) is 9.31. The molecular formula is C11H22ClNO. The van der Waals surface area contributed by atoms with Crippen molar-refractivity contribution in [3.8, 4) is 0 Å². The van der Waals surface area contributed by atoms with Gasteiger partial charge in [-0.1, -0.05) is 33.1 Å². The zero-order valence-corrected chi connectivity index (χ0v) is 10.1. The number of hydrogen-bond acceptors (Lipinski definition) is 1. The fraction of sp³-hybridized carbons (Fsp3) is 0.909. The molecular weight excluding hydrogens is 198 g/mol. The van der Waals surface area contributed by atoms with Gasteiger partial charge in [-0.25, -0.2) is 0 Å². The summed E-state index contributed by atoms with van der Waals surface area (Å²) in [5.74, 6) is 1.13. The van der Waals surface area contributed by atoms with Crippen LogP contribution < -0.4 is 5.32 Å². The van der Waals surface area contributed by atoms with Crippen molar-refractivity contribution in [1.82, 2.24) is 5.32 Å². The van der Waals surface area contributed by atoms with Crippen LogP contribution in [0, 0.1) is 5.92 Å². The fourth-order valence-electron chi connectivity index (χ4n) is 1.38. The van der Waals surface area contributed by atoms with E-state index in [0.717, 1.165) is 13.0 Å². The van der Waals surface area contributed by atoms with Gasteiger partial charge in [0.15, 0.2) is 0 Å². The molecule has 0 rings (SSSR count). The SMILES string of the molecule is CCCC[C@@H](CC)CNC(=O)CCCl. The van der Waals surface area contributed by atoms with E-state index in [1.54, 1.807) is 0 Å². The van der Waals surface area contributed by atoms with Gasteiger partial charge in [-0.15, -0.1) is 11.6 Å². The molecule has 0 radical (unpaired) electrons. The van der Waals surface area contributed by atoms with Crippen molar-refractivity contribution in [3.05, 3.63) is 0 Å². The molecule has 0 aromatic rings. The molecule has 84 valence electrons. The fourth-order valence-corrected chi connectivity index (χ4v) is 1.55. The third-order valence-electron chi connectivity index (χ3n) is 2.45. The Morgan fingerprint density at radius 1 is 1.43 bits per heavy atom. The first-order valence-corrected chi connectivity index (χ1v) is 6.10. The van der Waals surface area contributed by atoms with Gasteiger partial charge in [0.2, 0.25) is 5.91 Å². The topological polar surface area (TPSA) is 29.1 Å². The first-order chi connectivity index (χ1) is 6.74. The lowest BCUT2D eigenvalue weighted by atomic mass is 9.99. The highest BCUT2D eigenvalue weighted by Crippen LogP contribution is 2.11. The van der Waals surface area contributed by atoms with Crippen LogP contribution in [0.1, 0.15) is 46.0 Å². The van der Waals surface area contributed by atoms with Crippen molar-refractivity contribution in [2.75, 3.05) is 12.4 Å². The Balaban J connectivity index is 3.55. The van der Waals surface area contributed by atoms with Crippen molar-refractivity contribution in [2.24, 2.45) is 5.92 Å². The molecule has 0 aliphatic rings. The van der Waals surface area contributed by atoms with Crippen LogP contribution in [0.5, 0.6) is 0 Å². The maximum atomic E-state index is 11.1. The number of halogens is 1. The van der Waals surface area contributed by atoms with E-state index in [1.165, 1.54) is 19.3 Å². The summed E-state index contributed by atoms with van der Waals surface area (Å²) < 4.78 is 0. The minimum absolute atomic E-state index is 0.0787. The predicted molar refractivity (Wildman–Crippen MR) is 61.7 cm³/mol. The zero-order chi connectivity index (χ0) is 10.8. The van der Waals surface area contributed by atoms with Gasteiger partial charge in [0.1, 0.15) is 0 Å². The highest BCUT2D eigenvalue weighted by atomic mass is 35.5. The number of carbonyl (C=O) groups is 1. The largest absolute Gasteiger partial charge is 0.356 e. The first-order valence-electron chi connectivity index (χ1n) is 5.57. The number of amides is 1. The molecule has 2 nitrogen and oxygen atoms in total. The van der Waals surface area contributed by atoms with Gasteiger partial charge < -0.3 is 5.32 Å². The van der Waals surface area contributed by atoms with Crippen LogP contribution in [0.15, 0.2) is 0 Å². The second kappa shape index (κ2) is 9.32. The number of alkyl halides is 1. The summed E-state index contributed by atoms with van der Waals surface area (Å²) in [7, 11) is 0. The third kappa shape index (κ3) is 7.19. The monoisotopic (exact) mass is 219 g/mol. The lowest BCUT2D eigenvalue weighted by molar-refractivity contribution is -0.120. The maximum absolute atomic E-state index is 11.1. The van der Waals surface area contributed by atoms with Crippen LogP contribution in [0.4, 0.5) is 0 Å². The van der Waals surface area contributed by atoms with E-state index in [-0.39, 0.29) is 5.91 Å². The average Bonchev–Trinajstić information content (AvgIpc) is 2.19. The second-order valence-electron chi connectivity index (χ2n) is 3.66. The van der Waals surface area contributed by atoms with Crippen LogP contribution in [-0.2, 0) is 4.79 Å². The summed E-state index contributed by atoms with van der Waals surface area (Å²) in [6.45, 7) is 5.18. The molecule has 0 spiro atoms. The molecule has 0 bridgehead atoms. The summed E-state index contributed by atoms with van der Waals surface area (Å²) in [4.78, 5) is 11.1. The van der Waals surface area contributed by atoms with Crippen molar-refractivity contribution in [1.29, 1.82) is 0 Å². The molecule has 1 atom stereocenters. The molecule has 0 aromatic carbocycles. The molecule has 0 aromatic heterocycles. The first kappa shape index (κ1) is 13.8. The van der Waals surface area contributed by atoms with Gasteiger partial charge in [0, 0.05) is 18.8 Å². The van der Waals surface area contributed by atoms with Gasteiger partial charge in [-0.3, -0.25) is 4.79 Å². The quantitative estimate of drug-likeness (QED) is 0.625. The Bertz CT molecular complexity index is 150. The van der Waals surface area contributed by atoms with Gasteiger partial charge in [0.25, 0.3) is 0 Å². The summed E-state index contributed by atoms with van der Waals surface area (Å²) in [6, 6.07) is 0. The summed E-state index contributed by atoms with van der Waals surface area (Å²) in [6.07, 6.45) is 5.27. The minimum Gasteiger partial charge on any atom is -0.356 e. The van der Waals surface area contributed by atoms with Crippen LogP contribution in [-0.4, -0.2) is 18.3 Å². The minimum atomic E-state index is 0.0787. The van der Waals surface area contributed by atoms with Crippen LogP contribution >= 0.6 is 11.6 Å². The molecule has 0 aliphatic carbocycles. The van der Waals surface area contributed by atoms with Crippen molar-refractivity contribution >= 4 is 17.5 Å². The van der Waals surface area contributed by atoms with Gasteiger partial charge in [-0.2, -0.15) is 0 Å². The van der Waals surface area contributed by atoms with E-state index in [0.29, 0.717) is 18.2 Å². The number of nitrogens with one attached hydrogen (secondary N) is 1. The maximum Gasteiger partial charge on any atom is 0.221 e. The van der Waals surface area contributed by atoms with Gasteiger partial charge >= 0.3 is 0 Å². The van der Waals surface area contributed by atoms with Crippen molar-refractivity contribution in [2.45, 2.75) is 46.0 Å². The standard InChI is InChI=1S/C11H22ClNO/c1-3-5-6-10(4-2)9-13-11(14)7-8-12/h10H,3-9H2,1-2H3,(H,13,14)/t10-/m1/s1. The van der Waals surface area contributed by atoms with E-state index in [9.17, 15) is 4.79 Å². The van der Waals surface area contributed by atoms with Crippen molar-refractivity contribution in [3.63, 3.8) is 0 Å². The number of hydrogen-bond donors (Lipinski definition) is 1. The summed E-state index contributed by atoms with van der Waals surface area (Å²) in [5.41, 5.74) is 0. The molecule has 0 heterocycles. The number of carbonyl (C=O) groups excluding carboxylic acids is 1. The third-order valence-corrected chi connectivity index (χ3v) is 2.64. The Morgan fingerprint density at radius 2 is 2.14 bits per heavy atom. The highest BCUT2D eigenvalue weighted by Gasteiger charge is 2.07. The Labute approximate surface area is 92.4 Å². The lowest BCUT2D eigenvalue weighted by Crippen LogP contribution is -2.29. The highest BCUT2D eigenvalue weighted by molar-refractivity contribution is 6.18. The summed E-state index contributed by atoms with van der Waals surface area (Å²) in [5, 5.41) is 2.92. The average molecular weight is 220 g/mol. The molecule has 3 heteroatoms. The molecule has 0 unspecified atom stereocenters. The van der Waals surface area contributed by atoms with E-state index < -0.39 is 0 Å². The number of rotatable bonds is 8. The molecule has 14 heavy (non-hydrogen) atoms. The Hall–Kier alpha value is -0.240. The molecule has 1 N–H and O–H groups in total. The molecule has 0 saturated heterocycles. The van der Waals surface area contributed by atoms with E-state index in [4.69, 9.17) is 11.6 Å². The molecule has 0 saturated carbocycles. The predicted octanol–water partition coefficient (Wildman–Crippen LogP) is 2.95. The van der Waals surface area contributed by atoms with Crippen LogP contribution in [0.3, 0.4) is 0 Å². The molecule has 1 amide bonds. The van der Waals surface area contributed by atoms with Gasteiger partial charge in [0.05, 0.1) is 0 Å². The van der Waals surface area contributed by atoms with E-state index in [1.807, 2.05) is 0 Å². The van der Waals surface area contributed by atoms with Gasteiger partial charge in [-0.05, 0) is 12.3 Å². The molecule has 0 fully saturated rings. The lowest BCUT2D eigenvalue weighted by Gasteiger charge is -2.14. The van der Waals surface area contributed by atoms with Crippen LogP contribution in [0.25, 0.3) is 0 Å². The Kier molecular flexibility index (Phi) is 9.16. The summed E-state index contributed by atoms with van der Waals surface area (Å²) >= 11 is 5.47. The van der Waals surface area contributed by atoms with E-state index in [2.05, 4.69) is 19.2 Å². The second-order valence-corrected chi connectivity index (χ2v) is 4.04.